The van der Waals surface area contributed by atoms with Crippen molar-refractivity contribution in [2.75, 3.05) is 0 Å². The Morgan fingerprint density at radius 3 is 0.824 bits per heavy atom. The van der Waals surface area contributed by atoms with Crippen molar-refractivity contribution < 1.29 is 29.7 Å². The van der Waals surface area contributed by atoms with Crippen LogP contribution in [0.4, 0.5) is 0 Å². The van der Waals surface area contributed by atoms with Crippen LogP contribution in [0.3, 0.4) is 0 Å². The molecule has 3 N–H and O–H groups in total. The van der Waals surface area contributed by atoms with E-state index in [1.807, 2.05) is 6.92 Å². The van der Waals surface area contributed by atoms with Crippen molar-refractivity contribution in [2.24, 2.45) is 0 Å². The molecule has 0 atom stereocenters. The molecule has 0 aromatic carbocycles. The molecule has 0 radical (unpaired) electrons. The van der Waals surface area contributed by atoms with Gasteiger partial charge in [-0.25, -0.2) is 0 Å². The molecule has 0 saturated heterocycles. The molecule has 0 bridgehead atoms. The molecule has 0 aromatic heterocycles. The highest BCUT2D eigenvalue weighted by Crippen LogP contribution is 2.14. The van der Waals surface area contributed by atoms with Gasteiger partial charge in [-0.15, -0.1) is 0 Å². The second-order valence-electron chi connectivity index (χ2n) is 9.17. The van der Waals surface area contributed by atoms with Gasteiger partial charge in [0, 0.05) is 19.8 Å². The Morgan fingerprint density at radius 2 is 0.647 bits per heavy atom. The van der Waals surface area contributed by atoms with Crippen molar-refractivity contribution in [1.29, 1.82) is 0 Å². The lowest BCUT2D eigenvalue weighted by atomic mass is 10.0. The largest absolute Gasteiger partial charge is 0.481 e. The monoisotopic (exact) mass is 488 g/mol. The minimum atomic E-state index is -0.833. The second-order valence-corrected chi connectivity index (χ2v) is 9.17. The molecule has 6 nitrogen and oxygen atoms in total. The number of hydrogen-bond acceptors (Lipinski definition) is 3. The van der Waals surface area contributed by atoms with Crippen LogP contribution >= 0.6 is 0 Å². The number of carboxylic acid groups (broad SMARTS) is 3. The van der Waals surface area contributed by atoms with E-state index in [1.165, 1.54) is 109 Å². The predicted molar refractivity (Wildman–Crippen MR) is 142 cm³/mol. The van der Waals surface area contributed by atoms with Crippen LogP contribution in [0.1, 0.15) is 162 Å². The first kappa shape index (κ1) is 37.0. The SMILES string of the molecule is CC(=O)O.CCCC(=O)O.CCCCCCCCCCCCCCCCCCCCCC(=O)O. The van der Waals surface area contributed by atoms with Gasteiger partial charge in [0.05, 0.1) is 0 Å². The van der Waals surface area contributed by atoms with Crippen molar-refractivity contribution in [1.82, 2.24) is 0 Å². The summed E-state index contributed by atoms with van der Waals surface area (Å²) < 4.78 is 0. The number of rotatable bonds is 22. The zero-order valence-electron chi connectivity index (χ0n) is 22.6. The smallest absolute Gasteiger partial charge is 0.303 e. The van der Waals surface area contributed by atoms with Gasteiger partial charge < -0.3 is 15.3 Å². The van der Waals surface area contributed by atoms with Gasteiger partial charge in [-0.1, -0.05) is 129 Å². The zero-order chi connectivity index (χ0) is 26.3. The van der Waals surface area contributed by atoms with Gasteiger partial charge in [0.1, 0.15) is 0 Å². The zero-order valence-corrected chi connectivity index (χ0v) is 22.6. The molecule has 0 aliphatic heterocycles. The number of carbonyl (C=O) groups is 3. The van der Waals surface area contributed by atoms with Crippen LogP contribution < -0.4 is 0 Å². The third-order valence-corrected chi connectivity index (χ3v) is 5.46. The van der Waals surface area contributed by atoms with Crippen LogP contribution in [-0.4, -0.2) is 33.2 Å². The topological polar surface area (TPSA) is 112 Å². The molecule has 0 aliphatic carbocycles. The summed E-state index contributed by atoms with van der Waals surface area (Å²) in [7, 11) is 0. The molecule has 0 fully saturated rings. The van der Waals surface area contributed by atoms with E-state index in [4.69, 9.17) is 20.1 Å². The van der Waals surface area contributed by atoms with Gasteiger partial charge in [0.2, 0.25) is 0 Å². The van der Waals surface area contributed by atoms with E-state index in [-0.39, 0.29) is 0 Å². The molecule has 34 heavy (non-hydrogen) atoms. The Hall–Kier alpha value is -1.59. The average Bonchev–Trinajstić information content (AvgIpc) is 2.75. The Bertz CT molecular complexity index is 433. The van der Waals surface area contributed by atoms with Crippen LogP contribution in [0.25, 0.3) is 0 Å². The number of hydrogen-bond donors (Lipinski definition) is 3. The van der Waals surface area contributed by atoms with Gasteiger partial charge in [-0.3, -0.25) is 14.4 Å². The maximum atomic E-state index is 10.4. The number of unbranched alkanes of at least 4 members (excludes halogenated alkanes) is 18. The summed E-state index contributed by atoms with van der Waals surface area (Å²) >= 11 is 0. The highest BCUT2D eigenvalue weighted by molar-refractivity contribution is 5.66. The molecule has 0 aromatic rings. The van der Waals surface area contributed by atoms with E-state index in [1.54, 1.807) is 0 Å². The molecule has 0 amide bonds. The minimum absolute atomic E-state index is 0.292. The van der Waals surface area contributed by atoms with Crippen LogP contribution in [-0.2, 0) is 14.4 Å². The molecule has 204 valence electrons. The fourth-order valence-corrected chi connectivity index (χ4v) is 3.57. The molecular weight excluding hydrogens is 432 g/mol. The average molecular weight is 489 g/mol. The van der Waals surface area contributed by atoms with Gasteiger partial charge >= 0.3 is 11.9 Å². The summed E-state index contributed by atoms with van der Waals surface area (Å²) in [5.74, 6) is -2.19. The van der Waals surface area contributed by atoms with Crippen molar-refractivity contribution in [2.45, 2.75) is 162 Å². The molecule has 0 heterocycles. The maximum Gasteiger partial charge on any atom is 0.303 e. The lowest BCUT2D eigenvalue weighted by Gasteiger charge is -2.03. The Labute approximate surface area is 209 Å². The summed E-state index contributed by atoms with van der Waals surface area (Å²) in [5, 5.41) is 23.9. The Kier molecular flexibility index (Phi) is 36.5. The first-order valence-electron chi connectivity index (χ1n) is 13.9. The standard InChI is InChI=1S/C22H44O2.C4H8O2.C2H4O2/c1-2-3-4-5-6-7-8-9-10-11-12-13-14-15-16-17-18-19-20-21-22(23)24;1-2-3-4(5)6;1-2(3)4/h2-21H2,1H3,(H,23,24);2-3H2,1H3,(H,5,6);1H3,(H,3,4). The highest BCUT2D eigenvalue weighted by Gasteiger charge is 1.97. The maximum absolute atomic E-state index is 10.4. The Balaban J connectivity index is -0.000000799. The van der Waals surface area contributed by atoms with Crippen LogP contribution in [0, 0.1) is 0 Å². The lowest BCUT2D eigenvalue weighted by molar-refractivity contribution is -0.138. The molecule has 0 unspecified atom stereocenters. The van der Waals surface area contributed by atoms with Crippen molar-refractivity contribution in [3.05, 3.63) is 0 Å². The molecule has 0 saturated carbocycles. The third-order valence-electron chi connectivity index (χ3n) is 5.46. The van der Waals surface area contributed by atoms with Gasteiger partial charge in [0.15, 0.2) is 0 Å². The summed E-state index contributed by atoms with van der Waals surface area (Å²) in [5.41, 5.74) is 0. The lowest BCUT2D eigenvalue weighted by Crippen LogP contribution is -1.93. The first-order chi connectivity index (χ1) is 16.3. The van der Waals surface area contributed by atoms with E-state index in [0.29, 0.717) is 12.8 Å². The second kappa shape index (κ2) is 33.6. The first-order valence-corrected chi connectivity index (χ1v) is 13.9. The highest BCUT2D eigenvalue weighted by atomic mass is 16.4. The number of aliphatic carboxylic acids is 3. The van der Waals surface area contributed by atoms with E-state index in [9.17, 15) is 9.59 Å². The van der Waals surface area contributed by atoms with Gasteiger partial charge in [0.25, 0.3) is 5.97 Å². The molecule has 0 rings (SSSR count). The summed E-state index contributed by atoms with van der Waals surface area (Å²) in [6.45, 7) is 5.21. The van der Waals surface area contributed by atoms with E-state index >= 15 is 0 Å². The van der Waals surface area contributed by atoms with E-state index in [2.05, 4.69) is 6.92 Å². The number of carboxylic acids is 3. The quantitative estimate of drug-likeness (QED) is 0.131. The summed E-state index contributed by atoms with van der Waals surface area (Å²) in [6.07, 6.45) is 27.1. The van der Waals surface area contributed by atoms with E-state index in [0.717, 1.165) is 26.2 Å². The van der Waals surface area contributed by atoms with Crippen LogP contribution in [0.15, 0.2) is 0 Å². The molecular formula is C28H56O6. The minimum Gasteiger partial charge on any atom is -0.481 e. The van der Waals surface area contributed by atoms with Crippen molar-refractivity contribution >= 4 is 17.9 Å². The fourth-order valence-electron chi connectivity index (χ4n) is 3.57. The van der Waals surface area contributed by atoms with Gasteiger partial charge in [-0.2, -0.15) is 0 Å². The normalized spacial score (nSPS) is 9.97. The molecule has 0 aliphatic rings. The molecule has 0 spiro atoms. The molecule has 6 heteroatoms. The van der Waals surface area contributed by atoms with Crippen molar-refractivity contribution in [3.8, 4) is 0 Å². The third kappa shape index (κ3) is 52.4. The Morgan fingerprint density at radius 1 is 0.412 bits per heavy atom. The van der Waals surface area contributed by atoms with E-state index < -0.39 is 17.9 Å². The van der Waals surface area contributed by atoms with Crippen LogP contribution in [0.5, 0.6) is 0 Å². The van der Waals surface area contributed by atoms with Crippen molar-refractivity contribution in [3.63, 3.8) is 0 Å². The summed E-state index contributed by atoms with van der Waals surface area (Å²) in [6, 6.07) is 0. The fraction of sp³-hybridized carbons (Fsp3) is 0.893. The van der Waals surface area contributed by atoms with Crippen LogP contribution in [0.2, 0.25) is 0 Å². The predicted octanol–water partition coefficient (Wildman–Crippen LogP) is 8.85. The van der Waals surface area contributed by atoms with Gasteiger partial charge in [-0.05, 0) is 12.8 Å². The summed E-state index contributed by atoms with van der Waals surface area (Å²) in [4.78, 5) is 29.0.